The second-order valence-electron chi connectivity index (χ2n) is 4.51. The maximum absolute atomic E-state index is 12.1. The van der Waals surface area contributed by atoms with Gasteiger partial charge in [-0.25, -0.2) is 8.42 Å². The van der Waals surface area contributed by atoms with Gasteiger partial charge in [0.25, 0.3) is 0 Å². The van der Waals surface area contributed by atoms with Crippen LogP contribution in [0.1, 0.15) is 20.3 Å². The average Bonchev–Trinajstić information content (AvgIpc) is 2.53. The van der Waals surface area contributed by atoms with Crippen molar-refractivity contribution in [3.05, 3.63) is 0 Å². The molecule has 1 saturated heterocycles. The van der Waals surface area contributed by atoms with Crippen molar-refractivity contribution < 1.29 is 13.2 Å². The van der Waals surface area contributed by atoms with Crippen LogP contribution in [0.5, 0.6) is 0 Å². The molecule has 0 saturated carbocycles. The molecule has 0 aliphatic carbocycles. The third-order valence-corrected chi connectivity index (χ3v) is 4.63. The predicted octanol–water partition coefficient (Wildman–Crippen LogP) is -0.383. The molecule has 94 valence electrons. The van der Waals surface area contributed by atoms with Gasteiger partial charge in [0.15, 0.2) is 9.84 Å². The SMILES string of the molecule is CC(C)N(CCN)C(=O)C1CCS(=O)(=O)C1. The minimum Gasteiger partial charge on any atom is -0.339 e. The maximum atomic E-state index is 12.1. The van der Waals surface area contributed by atoms with Crippen LogP contribution in [0.15, 0.2) is 0 Å². The minimum absolute atomic E-state index is 0.000372. The number of amides is 1. The van der Waals surface area contributed by atoms with Crippen LogP contribution in [-0.2, 0) is 14.6 Å². The van der Waals surface area contributed by atoms with Crippen molar-refractivity contribution in [3.63, 3.8) is 0 Å². The highest BCUT2D eigenvalue weighted by molar-refractivity contribution is 7.91. The van der Waals surface area contributed by atoms with Crippen molar-refractivity contribution in [1.29, 1.82) is 0 Å². The lowest BCUT2D eigenvalue weighted by Crippen LogP contribution is -2.44. The summed E-state index contributed by atoms with van der Waals surface area (Å²) in [6, 6.07) is 0.0688. The third kappa shape index (κ3) is 3.18. The summed E-state index contributed by atoms with van der Waals surface area (Å²) in [5.74, 6) is -0.294. The van der Waals surface area contributed by atoms with Gasteiger partial charge in [0.05, 0.1) is 17.4 Å². The summed E-state index contributed by atoms with van der Waals surface area (Å²) < 4.78 is 22.6. The standard InChI is InChI=1S/C10H20N2O3S/c1-8(2)12(5-4-11)10(13)9-3-6-16(14,15)7-9/h8-9H,3-7,11H2,1-2H3. The molecule has 0 radical (unpaired) electrons. The molecule has 16 heavy (non-hydrogen) atoms. The first kappa shape index (κ1) is 13.4. The summed E-state index contributed by atoms with van der Waals surface area (Å²) in [5.41, 5.74) is 5.44. The van der Waals surface area contributed by atoms with Crippen molar-refractivity contribution in [3.8, 4) is 0 Å². The monoisotopic (exact) mass is 248 g/mol. The molecule has 1 atom stereocenters. The van der Waals surface area contributed by atoms with E-state index in [0.717, 1.165) is 0 Å². The molecule has 5 nitrogen and oxygen atoms in total. The number of nitrogens with two attached hydrogens (primary N) is 1. The van der Waals surface area contributed by atoms with Gasteiger partial charge in [0.1, 0.15) is 0 Å². The van der Waals surface area contributed by atoms with Gasteiger partial charge in [-0.05, 0) is 20.3 Å². The highest BCUT2D eigenvalue weighted by atomic mass is 32.2. The number of rotatable bonds is 4. The first-order chi connectivity index (χ1) is 7.37. The fourth-order valence-corrected chi connectivity index (χ4v) is 3.72. The van der Waals surface area contributed by atoms with Gasteiger partial charge in [-0.15, -0.1) is 0 Å². The lowest BCUT2D eigenvalue weighted by molar-refractivity contribution is -0.136. The molecule has 1 fully saturated rings. The van der Waals surface area contributed by atoms with Crippen LogP contribution in [0.2, 0.25) is 0 Å². The van der Waals surface area contributed by atoms with Gasteiger partial charge in [0.2, 0.25) is 5.91 Å². The summed E-state index contributed by atoms with van der Waals surface area (Å²) in [4.78, 5) is 13.7. The Morgan fingerprint density at radius 1 is 1.50 bits per heavy atom. The maximum Gasteiger partial charge on any atom is 0.227 e. The Kier molecular flexibility index (Phi) is 4.32. The summed E-state index contributed by atoms with van der Waals surface area (Å²) in [6.07, 6.45) is 0.453. The first-order valence-corrected chi connectivity index (χ1v) is 7.40. The Morgan fingerprint density at radius 2 is 2.12 bits per heavy atom. The predicted molar refractivity (Wildman–Crippen MR) is 62.7 cm³/mol. The number of hydrogen-bond acceptors (Lipinski definition) is 4. The van der Waals surface area contributed by atoms with Crippen molar-refractivity contribution in [2.45, 2.75) is 26.3 Å². The van der Waals surface area contributed by atoms with E-state index in [1.165, 1.54) is 0 Å². The van der Waals surface area contributed by atoms with E-state index in [2.05, 4.69) is 0 Å². The molecule has 0 aromatic carbocycles. The second kappa shape index (κ2) is 5.14. The molecule has 0 aromatic rings. The average molecular weight is 248 g/mol. The molecule has 0 spiro atoms. The van der Waals surface area contributed by atoms with Gasteiger partial charge in [0, 0.05) is 19.1 Å². The van der Waals surface area contributed by atoms with E-state index >= 15 is 0 Å². The topological polar surface area (TPSA) is 80.5 Å². The van der Waals surface area contributed by atoms with Crippen LogP contribution >= 0.6 is 0 Å². The Balaban J connectivity index is 2.69. The molecule has 2 N–H and O–H groups in total. The molecule has 1 amide bonds. The molecule has 1 aliphatic heterocycles. The van der Waals surface area contributed by atoms with Crippen LogP contribution in [-0.4, -0.2) is 49.9 Å². The van der Waals surface area contributed by atoms with E-state index in [9.17, 15) is 13.2 Å². The number of carbonyl (C=O) groups excluding carboxylic acids is 1. The Bertz CT molecular complexity index is 351. The number of nitrogens with zero attached hydrogens (tertiary/aromatic N) is 1. The highest BCUT2D eigenvalue weighted by Crippen LogP contribution is 2.21. The second-order valence-corrected chi connectivity index (χ2v) is 6.74. The van der Waals surface area contributed by atoms with Crippen molar-refractivity contribution >= 4 is 15.7 Å². The molecule has 1 heterocycles. The Labute approximate surface area is 96.9 Å². The van der Waals surface area contributed by atoms with Gasteiger partial charge < -0.3 is 10.6 Å². The van der Waals surface area contributed by atoms with E-state index in [0.29, 0.717) is 19.5 Å². The molecule has 1 rings (SSSR count). The van der Waals surface area contributed by atoms with Gasteiger partial charge in [-0.3, -0.25) is 4.79 Å². The number of hydrogen-bond donors (Lipinski definition) is 1. The Morgan fingerprint density at radius 3 is 2.50 bits per heavy atom. The van der Waals surface area contributed by atoms with Gasteiger partial charge in [-0.1, -0.05) is 0 Å². The van der Waals surface area contributed by atoms with Gasteiger partial charge in [-0.2, -0.15) is 0 Å². The molecular formula is C10H20N2O3S. The zero-order valence-electron chi connectivity index (χ0n) is 9.85. The van der Waals surface area contributed by atoms with E-state index in [1.54, 1.807) is 4.90 Å². The highest BCUT2D eigenvalue weighted by Gasteiger charge is 2.35. The van der Waals surface area contributed by atoms with Crippen LogP contribution in [0, 0.1) is 5.92 Å². The van der Waals surface area contributed by atoms with E-state index < -0.39 is 9.84 Å². The van der Waals surface area contributed by atoms with E-state index in [4.69, 9.17) is 5.73 Å². The van der Waals surface area contributed by atoms with Crippen LogP contribution < -0.4 is 5.73 Å². The van der Waals surface area contributed by atoms with Crippen molar-refractivity contribution in [2.75, 3.05) is 24.6 Å². The summed E-state index contributed by atoms with van der Waals surface area (Å²) in [6.45, 7) is 4.73. The zero-order chi connectivity index (χ0) is 12.3. The van der Waals surface area contributed by atoms with Crippen LogP contribution in [0.4, 0.5) is 0 Å². The first-order valence-electron chi connectivity index (χ1n) is 5.58. The third-order valence-electron chi connectivity index (χ3n) is 2.86. The molecule has 0 aromatic heterocycles. The van der Waals surface area contributed by atoms with Crippen molar-refractivity contribution in [1.82, 2.24) is 4.90 Å². The fourth-order valence-electron chi connectivity index (χ4n) is 1.99. The number of sulfone groups is 1. The lowest BCUT2D eigenvalue weighted by Gasteiger charge is -2.28. The minimum atomic E-state index is -2.99. The smallest absolute Gasteiger partial charge is 0.227 e. The molecule has 1 aliphatic rings. The lowest BCUT2D eigenvalue weighted by atomic mass is 10.1. The Hall–Kier alpha value is -0.620. The van der Waals surface area contributed by atoms with E-state index in [-0.39, 0.29) is 29.4 Å². The summed E-state index contributed by atoms with van der Waals surface area (Å²) >= 11 is 0. The summed E-state index contributed by atoms with van der Waals surface area (Å²) in [7, 11) is -2.99. The normalized spacial score (nSPS) is 23.6. The zero-order valence-corrected chi connectivity index (χ0v) is 10.7. The molecule has 1 unspecified atom stereocenters. The quantitative estimate of drug-likeness (QED) is 0.735. The molecule has 6 heteroatoms. The number of carbonyl (C=O) groups is 1. The van der Waals surface area contributed by atoms with Crippen LogP contribution in [0.3, 0.4) is 0 Å². The van der Waals surface area contributed by atoms with Crippen molar-refractivity contribution in [2.24, 2.45) is 11.7 Å². The summed E-state index contributed by atoms with van der Waals surface area (Å²) in [5, 5.41) is 0. The molecular weight excluding hydrogens is 228 g/mol. The largest absolute Gasteiger partial charge is 0.339 e. The molecule has 0 bridgehead atoms. The van der Waals surface area contributed by atoms with E-state index in [1.807, 2.05) is 13.8 Å². The fraction of sp³-hybridized carbons (Fsp3) is 0.900. The van der Waals surface area contributed by atoms with Gasteiger partial charge >= 0.3 is 0 Å². The van der Waals surface area contributed by atoms with Crippen LogP contribution in [0.25, 0.3) is 0 Å².